The van der Waals surface area contributed by atoms with Crippen LogP contribution in [0.2, 0.25) is 0 Å². The van der Waals surface area contributed by atoms with Crippen molar-refractivity contribution in [2.24, 2.45) is 10.2 Å². The monoisotopic (exact) mass is 356 g/mol. The van der Waals surface area contributed by atoms with E-state index in [1.807, 2.05) is 19.1 Å². The van der Waals surface area contributed by atoms with Crippen LogP contribution in [-0.4, -0.2) is 0 Å². The maximum Gasteiger partial charge on any atom is 0.0880 e. The molecule has 0 saturated heterocycles. The zero-order chi connectivity index (χ0) is 14.9. The Morgan fingerprint density at radius 1 is 0.650 bits per heavy atom. The fourth-order valence-electron chi connectivity index (χ4n) is 1.49. The topological polar surface area (TPSA) is 24.7 Å². The summed E-state index contributed by atoms with van der Waals surface area (Å²) in [5, 5.41) is 8.36. The predicted molar refractivity (Wildman–Crippen MR) is 98.1 cm³/mol. The van der Waals surface area contributed by atoms with Crippen LogP contribution in [0.4, 0.5) is 11.4 Å². The second-order valence-electron chi connectivity index (χ2n) is 4.14. The van der Waals surface area contributed by atoms with Crippen molar-refractivity contribution in [1.29, 1.82) is 0 Å². The van der Waals surface area contributed by atoms with E-state index in [9.17, 15) is 0 Å². The van der Waals surface area contributed by atoms with Gasteiger partial charge in [0.05, 0.1) is 11.4 Å². The minimum atomic E-state index is 0.666. The molecule has 0 aliphatic carbocycles. The molecule has 2 aromatic rings. The molecule has 0 fully saturated rings. The van der Waals surface area contributed by atoms with Crippen LogP contribution in [0.3, 0.4) is 0 Å². The second-order valence-corrected chi connectivity index (χ2v) is 6.52. The molecule has 2 aromatic carbocycles. The highest BCUT2D eigenvalue weighted by Gasteiger charge is 2.04. The highest BCUT2D eigenvalue weighted by Crippen LogP contribution is 2.32. The van der Waals surface area contributed by atoms with Crippen LogP contribution in [0.15, 0.2) is 59.0 Å². The number of hydrogen-bond acceptors (Lipinski definition) is 7. The summed E-state index contributed by atoms with van der Waals surface area (Å²) in [5.74, 6) is 0. The summed E-state index contributed by atoms with van der Waals surface area (Å²) < 4.78 is 0. The van der Waals surface area contributed by atoms with E-state index in [4.69, 9.17) is 0 Å². The Labute approximate surface area is 145 Å². The van der Waals surface area contributed by atoms with Crippen LogP contribution in [0.5, 0.6) is 0 Å². The SMILES string of the molecule is Cc1c(S)cc(N=Nc2cc(S)c(S)c(S)c2)cc1S. The standard InChI is InChI=1S/C13H12N2S5/c1-6-9(16)2-7(3-10(6)17)14-15-8-4-11(18)13(20)12(19)5-8/h2-5,16-20H,1H3. The van der Waals surface area contributed by atoms with E-state index in [0.29, 0.717) is 21.2 Å². The van der Waals surface area contributed by atoms with E-state index in [1.54, 1.807) is 12.1 Å². The Balaban J connectivity index is 2.35. The molecular weight excluding hydrogens is 344 g/mol. The lowest BCUT2D eigenvalue weighted by Gasteiger charge is -2.05. The van der Waals surface area contributed by atoms with Gasteiger partial charge in [-0.15, -0.1) is 63.1 Å². The third-order valence-electron chi connectivity index (χ3n) is 2.67. The van der Waals surface area contributed by atoms with Crippen LogP contribution in [-0.2, 0) is 0 Å². The van der Waals surface area contributed by atoms with Gasteiger partial charge in [-0.1, -0.05) is 0 Å². The summed E-state index contributed by atoms with van der Waals surface area (Å²) in [6, 6.07) is 7.26. The van der Waals surface area contributed by atoms with Crippen molar-refractivity contribution in [2.45, 2.75) is 31.4 Å². The van der Waals surface area contributed by atoms with Gasteiger partial charge in [-0.3, -0.25) is 0 Å². The van der Waals surface area contributed by atoms with E-state index in [2.05, 4.69) is 73.4 Å². The first-order valence-electron chi connectivity index (χ1n) is 5.57. The predicted octanol–water partition coefficient (Wildman–Crippen LogP) is 5.85. The maximum absolute atomic E-state index is 4.38. The number of thiol groups is 5. The first kappa shape index (κ1) is 16.2. The minimum Gasteiger partial charge on any atom is -0.150 e. The molecule has 0 radical (unpaired) electrons. The van der Waals surface area contributed by atoms with Gasteiger partial charge in [0.25, 0.3) is 0 Å². The third kappa shape index (κ3) is 3.71. The van der Waals surface area contributed by atoms with E-state index in [0.717, 1.165) is 20.2 Å². The van der Waals surface area contributed by atoms with E-state index >= 15 is 0 Å². The maximum atomic E-state index is 4.38. The van der Waals surface area contributed by atoms with Gasteiger partial charge in [-0.05, 0) is 36.8 Å². The molecule has 0 saturated carbocycles. The molecule has 2 nitrogen and oxygen atoms in total. The minimum absolute atomic E-state index is 0.666. The molecule has 0 aliphatic heterocycles. The van der Waals surface area contributed by atoms with Crippen molar-refractivity contribution in [3.63, 3.8) is 0 Å². The average Bonchev–Trinajstić information content (AvgIpc) is 2.39. The lowest BCUT2D eigenvalue weighted by molar-refractivity contribution is 1.10. The lowest BCUT2D eigenvalue weighted by atomic mass is 10.2. The molecule has 0 bridgehead atoms. The second kappa shape index (κ2) is 6.70. The van der Waals surface area contributed by atoms with Gasteiger partial charge in [0.1, 0.15) is 0 Å². The molecule has 20 heavy (non-hydrogen) atoms. The number of rotatable bonds is 2. The molecular formula is C13H12N2S5. The molecule has 0 unspecified atom stereocenters. The van der Waals surface area contributed by atoms with Crippen molar-refractivity contribution in [2.75, 3.05) is 0 Å². The number of hydrogen-bond donors (Lipinski definition) is 5. The van der Waals surface area contributed by atoms with Gasteiger partial charge in [-0.25, -0.2) is 0 Å². The van der Waals surface area contributed by atoms with Gasteiger partial charge in [0.2, 0.25) is 0 Å². The summed E-state index contributed by atoms with van der Waals surface area (Å²) in [6.45, 7) is 1.96. The van der Waals surface area contributed by atoms with Crippen LogP contribution in [0, 0.1) is 6.92 Å². The summed E-state index contributed by atoms with van der Waals surface area (Å²) in [7, 11) is 0. The molecule has 0 spiro atoms. The summed E-state index contributed by atoms with van der Waals surface area (Å²) >= 11 is 21.7. The smallest absolute Gasteiger partial charge is 0.0880 e. The molecule has 0 aromatic heterocycles. The van der Waals surface area contributed by atoms with Crippen LogP contribution in [0.25, 0.3) is 0 Å². The van der Waals surface area contributed by atoms with Crippen LogP contribution in [0.1, 0.15) is 5.56 Å². The third-order valence-corrected chi connectivity index (χ3v) is 5.14. The summed E-state index contributed by atoms with van der Waals surface area (Å²) in [4.78, 5) is 3.82. The fraction of sp³-hybridized carbons (Fsp3) is 0.0769. The lowest BCUT2D eigenvalue weighted by Crippen LogP contribution is -1.79. The average molecular weight is 357 g/mol. The van der Waals surface area contributed by atoms with Crippen molar-refractivity contribution >= 4 is 74.5 Å². The molecule has 2 rings (SSSR count). The zero-order valence-electron chi connectivity index (χ0n) is 10.4. The van der Waals surface area contributed by atoms with Gasteiger partial charge in [0.15, 0.2) is 0 Å². The van der Waals surface area contributed by atoms with Crippen molar-refractivity contribution in [3.05, 3.63) is 29.8 Å². The Hall–Kier alpha value is -0.210. The van der Waals surface area contributed by atoms with Crippen LogP contribution >= 0.6 is 63.1 Å². The summed E-state index contributed by atoms with van der Waals surface area (Å²) in [5.41, 5.74) is 2.38. The molecule has 104 valence electrons. The van der Waals surface area contributed by atoms with E-state index in [-0.39, 0.29) is 0 Å². The molecule has 0 aliphatic rings. The van der Waals surface area contributed by atoms with Gasteiger partial charge < -0.3 is 0 Å². The van der Waals surface area contributed by atoms with E-state index in [1.165, 1.54) is 0 Å². The molecule has 0 heterocycles. The number of nitrogens with zero attached hydrogens (tertiary/aromatic N) is 2. The highest BCUT2D eigenvalue weighted by molar-refractivity contribution is 7.85. The Morgan fingerprint density at radius 3 is 1.40 bits per heavy atom. The van der Waals surface area contributed by atoms with Crippen molar-refractivity contribution < 1.29 is 0 Å². The summed E-state index contributed by atoms with van der Waals surface area (Å²) in [6.07, 6.45) is 0. The number of benzene rings is 2. The van der Waals surface area contributed by atoms with Crippen LogP contribution < -0.4 is 0 Å². The molecule has 7 heteroatoms. The molecule has 0 atom stereocenters. The Kier molecular flexibility index (Phi) is 5.42. The molecule has 0 amide bonds. The van der Waals surface area contributed by atoms with Crippen molar-refractivity contribution in [1.82, 2.24) is 0 Å². The van der Waals surface area contributed by atoms with Gasteiger partial charge in [0, 0.05) is 24.5 Å². The fourth-order valence-corrected chi connectivity index (χ4v) is 2.81. The Bertz CT molecular complexity index is 592. The first-order chi connectivity index (χ1) is 9.38. The highest BCUT2D eigenvalue weighted by atomic mass is 32.1. The van der Waals surface area contributed by atoms with Gasteiger partial charge >= 0.3 is 0 Å². The van der Waals surface area contributed by atoms with Gasteiger partial charge in [-0.2, -0.15) is 10.2 Å². The zero-order valence-corrected chi connectivity index (χ0v) is 14.9. The molecule has 0 N–H and O–H groups in total. The quantitative estimate of drug-likeness (QED) is 0.329. The largest absolute Gasteiger partial charge is 0.150 e. The number of azo groups is 1. The Morgan fingerprint density at radius 2 is 1.00 bits per heavy atom. The first-order valence-corrected chi connectivity index (χ1v) is 7.81. The van der Waals surface area contributed by atoms with E-state index < -0.39 is 0 Å². The normalized spacial score (nSPS) is 11.3. The van der Waals surface area contributed by atoms with Crippen molar-refractivity contribution in [3.8, 4) is 0 Å².